The zero-order chi connectivity index (χ0) is 14.7. The Hall–Kier alpha value is -1.94. The molecule has 0 radical (unpaired) electrons. The highest BCUT2D eigenvalue weighted by molar-refractivity contribution is 5.37. The molecule has 1 unspecified atom stereocenters. The van der Waals surface area contributed by atoms with E-state index >= 15 is 0 Å². The molecular formula is C16H19FN2O. The third-order valence-electron chi connectivity index (χ3n) is 3.03. The zero-order valence-electron chi connectivity index (χ0n) is 11.9. The lowest BCUT2D eigenvalue weighted by atomic mass is 9.97. The number of nitrogens with zero attached hydrogens (tertiary/aromatic N) is 1. The van der Waals surface area contributed by atoms with E-state index in [1.807, 2.05) is 26.8 Å². The molecule has 1 aromatic carbocycles. The van der Waals surface area contributed by atoms with Gasteiger partial charge in [0.15, 0.2) is 0 Å². The maximum absolute atomic E-state index is 13.1. The fourth-order valence-electron chi connectivity index (χ4n) is 2.11. The normalized spacial score (nSPS) is 12.5. The highest BCUT2D eigenvalue weighted by Gasteiger charge is 2.13. The number of nitrogens with two attached hydrogens (primary N) is 1. The number of ether oxygens (including phenoxy) is 1. The second-order valence-electron chi connectivity index (χ2n) is 5.10. The van der Waals surface area contributed by atoms with E-state index in [4.69, 9.17) is 10.5 Å². The smallest absolute Gasteiger partial charge is 0.138 e. The number of halogens is 1. The summed E-state index contributed by atoms with van der Waals surface area (Å²) < 4.78 is 18.8. The molecule has 1 heterocycles. The highest BCUT2D eigenvalue weighted by atomic mass is 19.1. The van der Waals surface area contributed by atoms with Crippen molar-refractivity contribution in [3.05, 3.63) is 59.2 Å². The lowest BCUT2D eigenvalue weighted by Crippen LogP contribution is -2.14. The van der Waals surface area contributed by atoms with Gasteiger partial charge in [0.25, 0.3) is 0 Å². The lowest BCUT2D eigenvalue weighted by molar-refractivity contribution is 0.241. The number of aryl methyl sites for hydroxylation is 1. The molecule has 0 saturated heterocycles. The number of benzene rings is 1. The Morgan fingerprint density at radius 2 is 1.95 bits per heavy atom. The van der Waals surface area contributed by atoms with Gasteiger partial charge in [-0.2, -0.15) is 0 Å². The van der Waals surface area contributed by atoms with E-state index in [1.165, 1.54) is 12.1 Å². The predicted octanol–water partition coefficient (Wildman–Crippen LogP) is 3.36. The minimum atomic E-state index is -0.348. The van der Waals surface area contributed by atoms with E-state index in [2.05, 4.69) is 4.98 Å². The summed E-state index contributed by atoms with van der Waals surface area (Å²) in [5.74, 6) is 0.432. The van der Waals surface area contributed by atoms with E-state index in [0.717, 1.165) is 16.7 Å². The van der Waals surface area contributed by atoms with Gasteiger partial charge in [-0.1, -0.05) is 6.07 Å². The lowest BCUT2D eigenvalue weighted by Gasteiger charge is -2.16. The molecule has 106 valence electrons. The van der Waals surface area contributed by atoms with Gasteiger partial charge in [0, 0.05) is 6.20 Å². The maximum Gasteiger partial charge on any atom is 0.138 e. The van der Waals surface area contributed by atoms with Crippen LogP contribution in [0.1, 0.15) is 36.6 Å². The monoisotopic (exact) mass is 274 g/mol. The van der Waals surface area contributed by atoms with E-state index < -0.39 is 0 Å². The van der Waals surface area contributed by atoms with Gasteiger partial charge in [0.05, 0.1) is 18.3 Å². The van der Waals surface area contributed by atoms with Crippen LogP contribution in [0.3, 0.4) is 0 Å². The molecule has 0 spiro atoms. The fourth-order valence-corrected chi connectivity index (χ4v) is 2.11. The van der Waals surface area contributed by atoms with Crippen LogP contribution in [-0.2, 0) is 0 Å². The number of hydrogen-bond acceptors (Lipinski definition) is 3. The van der Waals surface area contributed by atoms with Crippen molar-refractivity contribution in [2.75, 3.05) is 0 Å². The molecule has 0 amide bonds. The highest BCUT2D eigenvalue weighted by Crippen LogP contribution is 2.25. The third-order valence-corrected chi connectivity index (χ3v) is 3.03. The minimum absolute atomic E-state index is 0.0795. The first-order valence-electron chi connectivity index (χ1n) is 6.60. The van der Waals surface area contributed by atoms with Gasteiger partial charge in [0.1, 0.15) is 11.6 Å². The standard InChI is InChI=1S/C16H19FN2O/c1-10(2)20-14-7-12(8-19-9-14)16(18)15-5-4-13(17)6-11(15)3/h4-10,16H,18H2,1-3H3. The Balaban J connectivity index is 2.30. The van der Waals surface area contributed by atoms with Crippen molar-refractivity contribution < 1.29 is 9.13 Å². The van der Waals surface area contributed by atoms with Crippen LogP contribution < -0.4 is 10.5 Å². The molecule has 2 rings (SSSR count). The SMILES string of the molecule is Cc1cc(F)ccc1C(N)c1cncc(OC(C)C)c1. The van der Waals surface area contributed by atoms with Crippen LogP contribution in [0.25, 0.3) is 0 Å². The van der Waals surface area contributed by atoms with Crippen LogP contribution in [-0.4, -0.2) is 11.1 Å². The van der Waals surface area contributed by atoms with Gasteiger partial charge in [-0.3, -0.25) is 4.98 Å². The largest absolute Gasteiger partial charge is 0.489 e. The first-order valence-corrected chi connectivity index (χ1v) is 6.60. The molecule has 0 fully saturated rings. The molecule has 3 nitrogen and oxygen atoms in total. The molecule has 1 atom stereocenters. The maximum atomic E-state index is 13.1. The second-order valence-corrected chi connectivity index (χ2v) is 5.10. The van der Waals surface area contributed by atoms with Crippen molar-refractivity contribution >= 4 is 0 Å². The number of aromatic nitrogens is 1. The van der Waals surface area contributed by atoms with Crippen LogP contribution in [0.15, 0.2) is 36.7 Å². The van der Waals surface area contributed by atoms with Gasteiger partial charge in [0.2, 0.25) is 0 Å². The summed E-state index contributed by atoms with van der Waals surface area (Å²) in [5.41, 5.74) is 8.80. The molecule has 0 saturated carbocycles. The molecular weight excluding hydrogens is 255 g/mol. The van der Waals surface area contributed by atoms with Crippen molar-refractivity contribution in [1.29, 1.82) is 0 Å². The van der Waals surface area contributed by atoms with Crippen LogP contribution >= 0.6 is 0 Å². The molecule has 2 N–H and O–H groups in total. The van der Waals surface area contributed by atoms with Crippen LogP contribution in [0.5, 0.6) is 5.75 Å². The molecule has 0 bridgehead atoms. The Kier molecular flexibility index (Phi) is 4.35. The Bertz CT molecular complexity index is 599. The van der Waals surface area contributed by atoms with Crippen LogP contribution in [0.4, 0.5) is 4.39 Å². The van der Waals surface area contributed by atoms with E-state index in [0.29, 0.717) is 5.75 Å². The summed E-state index contributed by atoms with van der Waals surface area (Å²) in [6.07, 6.45) is 3.45. The van der Waals surface area contributed by atoms with Crippen LogP contribution in [0.2, 0.25) is 0 Å². The summed E-state index contributed by atoms with van der Waals surface area (Å²) in [6.45, 7) is 5.76. The fraction of sp³-hybridized carbons (Fsp3) is 0.312. The summed E-state index contributed by atoms with van der Waals surface area (Å²) in [6, 6.07) is 6.14. The predicted molar refractivity (Wildman–Crippen MR) is 77.2 cm³/mol. The van der Waals surface area contributed by atoms with Crippen molar-refractivity contribution in [3.63, 3.8) is 0 Å². The van der Waals surface area contributed by atoms with E-state index in [-0.39, 0.29) is 18.0 Å². The van der Waals surface area contributed by atoms with Gasteiger partial charge in [-0.05, 0) is 55.7 Å². The molecule has 2 aromatic rings. The van der Waals surface area contributed by atoms with Crippen LogP contribution in [0, 0.1) is 12.7 Å². The quantitative estimate of drug-likeness (QED) is 0.930. The number of pyridine rings is 1. The Labute approximate surface area is 118 Å². The Morgan fingerprint density at radius 1 is 1.20 bits per heavy atom. The summed E-state index contributed by atoms with van der Waals surface area (Å²) in [5, 5.41) is 0. The van der Waals surface area contributed by atoms with Crippen molar-refractivity contribution in [2.24, 2.45) is 5.73 Å². The molecule has 0 aliphatic heterocycles. The van der Waals surface area contributed by atoms with E-state index in [1.54, 1.807) is 18.5 Å². The molecule has 1 aromatic heterocycles. The third kappa shape index (κ3) is 3.33. The first-order chi connectivity index (χ1) is 9.47. The summed E-state index contributed by atoms with van der Waals surface area (Å²) in [7, 11) is 0. The van der Waals surface area contributed by atoms with Gasteiger partial charge >= 0.3 is 0 Å². The number of hydrogen-bond donors (Lipinski definition) is 1. The number of rotatable bonds is 4. The van der Waals surface area contributed by atoms with Crippen molar-refractivity contribution in [3.8, 4) is 5.75 Å². The first kappa shape index (κ1) is 14.5. The second kappa shape index (κ2) is 6.01. The molecule has 20 heavy (non-hydrogen) atoms. The topological polar surface area (TPSA) is 48.1 Å². The molecule has 0 aliphatic rings. The van der Waals surface area contributed by atoms with Gasteiger partial charge in [-0.25, -0.2) is 4.39 Å². The van der Waals surface area contributed by atoms with Crippen molar-refractivity contribution in [1.82, 2.24) is 4.98 Å². The Morgan fingerprint density at radius 3 is 2.60 bits per heavy atom. The summed E-state index contributed by atoms with van der Waals surface area (Å²) in [4.78, 5) is 4.15. The minimum Gasteiger partial charge on any atom is -0.489 e. The van der Waals surface area contributed by atoms with Crippen molar-refractivity contribution in [2.45, 2.75) is 32.9 Å². The average molecular weight is 274 g/mol. The molecule has 4 heteroatoms. The van der Waals surface area contributed by atoms with E-state index in [9.17, 15) is 4.39 Å². The van der Waals surface area contributed by atoms with Gasteiger partial charge in [-0.15, -0.1) is 0 Å². The zero-order valence-corrected chi connectivity index (χ0v) is 11.9. The average Bonchev–Trinajstić information content (AvgIpc) is 2.37. The van der Waals surface area contributed by atoms with Gasteiger partial charge < -0.3 is 10.5 Å². The molecule has 0 aliphatic carbocycles. The summed E-state index contributed by atoms with van der Waals surface area (Å²) >= 11 is 0.